The summed E-state index contributed by atoms with van der Waals surface area (Å²) < 4.78 is 41.8. The lowest BCUT2D eigenvalue weighted by Gasteiger charge is -2.29. The van der Waals surface area contributed by atoms with Gasteiger partial charge in [0.15, 0.2) is 6.61 Å². The molecule has 1 heterocycles. The van der Waals surface area contributed by atoms with E-state index in [1.54, 1.807) is 6.92 Å². The first kappa shape index (κ1) is 19.5. The van der Waals surface area contributed by atoms with E-state index in [9.17, 15) is 18.0 Å². The Hall–Kier alpha value is -1.84. The number of carbonyl (C=O) groups excluding carboxylic acids is 1. The van der Waals surface area contributed by atoms with E-state index in [2.05, 4.69) is 31.0 Å². The summed E-state index contributed by atoms with van der Waals surface area (Å²) >= 11 is 3.03. The molecule has 1 fully saturated rings. The van der Waals surface area contributed by atoms with Crippen molar-refractivity contribution in [3.05, 3.63) is 22.4 Å². The third-order valence-corrected chi connectivity index (χ3v) is 4.42. The summed E-state index contributed by atoms with van der Waals surface area (Å²) in [5.41, 5.74) is 4.46. The zero-order valence-corrected chi connectivity index (χ0v) is 15.0. The third kappa shape index (κ3) is 5.58. The van der Waals surface area contributed by atoms with Crippen molar-refractivity contribution in [2.24, 2.45) is 11.7 Å². The molecule has 0 radical (unpaired) electrons. The minimum Gasteiger partial charge on any atom is -0.483 e. The van der Waals surface area contributed by atoms with Gasteiger partial charge in [-0.05, 0) is 35.2 Å². The van der Waals surface area contributed by atoms with Crippen LogP contribution in [-0.4, -0.2) is 35.0 Å². The minimum atomic E-state index is -4.50. The Labute approximate surface area is 151 Å². The molecule has 0 spiro atoms. The van der Waals surface area contributed by atoms with Crippen LogP contribution in [0.4, 0.5) is 13.2 Å². The summed E-state index contributed by atoms with van der Waals surface area (Å²) in [6.07, 6.45) is -0.743. The Morgan fingerprint density at radius 2 is 2.16 bits per heavy atom. The lowest BCUT2D eigenvalue weighted by atomic mass is 9.93. The number of carbonyl (C=O) groups is 1. The number of amidine groups is 1. The highest BCUT2D eigenvalue weighted by atomic mass is 79.9. The summed E-state index contributed by atoms with van der Waals surface area (Å²) in [4.78, 5) is 16.3. The molecule has 1 aromatic heterocycles. The molecule has 1 atom stereocenters. The van der Waals surface area contributed by atoms with Gasteiger partial charge in [0.1, 0.15) is 17.3 Å². The van der Waals surface area contributed by atoms with Gasteiger partial charge in [0.2, 0.25) is 0 Å². The number of amides is 1. The summed E-state index contributed by atoms with van der Waals surface area (Å²) in [5.74, 6) is -0.567. The van der Waals surface area contributed by atoms with Gasteiger partial charge in [0.05, 0.1) is 10.0 Å². The summed E-state index contributed by atoms with van der Waals surface area (Å²) in [5, 5.41) is 10.4. The number of nitrogens with one attached hydrogen (secondary N) is 2. The Balaban J connectivity index is 2.13. The molecule has 138 valence electrons. The van der Waals surface area contributed by atoms with Crippen LogP contribution in [0.2, 0.25) is 0 Å². The maximum absolute atomic E-state index is 12.4. The quantitative estimate of drug-likeness (QED) is 0.464. The standard InChI is InChI=1S/C15H18BrF3N4O2/c1-14(13(20)21,5-8-2-3-8)23-12(24)10-4-11(9(16)6-22-10)25-7-15(17,18)19/h4,6,8H,2-3,5,7H2,1H3,(H3,20,21)(H,23,24). The zero-order chi connectivity index (χ0) is 18.8. The van der Waals surface area contributed by atoms with E-state index in [1.165, 1.54) is 6.20 Å². The van der Waals surface area contributed by atoms with Crippen molar-refractivity contribution in [1.29, 1.82) is 5.41 Å². The highest BCUT2D eigenvalue weighted by Gasteiger charge is 2.37. The first-order valence-corrected chi connectivity index (χ1v) is 8.31. The van der Waals surface area contributed by atoms with Crippen LogP contribution >= 0.6 is 15.9 Å². The molecule has 0 bridgehead atoms. The monoisotopic (exact) mass is 422 g/mol. The topological polar surface area (TPSA) is 101 Å². The van der Waals surface area contributed by atoms with Gasteiger partial charge in [0.25, 0.3) is 5.91 Å². The van der Waals surface area contributed by atoms with E-state index in [0.717, 1.165) is 18.9 Å². The van der Waals surface area contributed by atoms with Crippen LogP contribution in [0.1, 0.15) is 36.7 Å². The maximum Gasteiger partial charge on any atom is 0.422 e. The molecule has 1 unspecified atom stereocenters. The fourth-order valence-corrected chi connectivity index (χ4v) is 2.59. The molecular weight excluding hydrogens is 405 g/mol. The predicted molar refractivity (Wildman–Crippen MR) is 88.6 cm³/mol. The average molecular weight is 423 g/mol. The van der Waals surface area contributed by atoms with Crippen molar-refractivity contribution in [2.45, 2.75) is 37.9 Å². The fraction of sp³-hybridized carbons (Fsp3) is 0.533. The first-order chi connectivity index (χ1) is 11.5. The smallest absolute Gasteiger partial charge is 0.422 e. The molecule has 0 aromatic carbocycles. The molecule has 4 N–H and O–H groups in total. The molecule has 10 heteroatoms. The number of ether oxygens (including phenoxy) is 1. The second kappa shape index (κ2) is 7.19. The first-order valence-electron chi connectivity index (χ1n) is 7.52. The molecule has 1 aliphatic carbocycles. The molecule has 1 aromatic rings. The van der Waals surface area contributed by atoms with Crippen molar-refractivity contribution in [3.8, 4) is 5.75 Å². The third-order valence-electron chi connectivity index (χ3n) is 3.82. The van der Waals surface area contributed by atoms with Crippen LogP contribution in [0.3, 0.4) is 0 Å². The molecule has 6 nitrogen and oxygen atoms in total. The Kier molecular flexibility index (Phi) is 5.60. The Bertz CT molecular complexity index is 679. The Morgan fingerprint density at radius 3 is 2.68 bits per heavy atom. The number of hydrogen-bond donors (Lipinski definition) is 3. The predicted octanol–water partition coefficient (Wildman–Crippen LogP) is 3.01. The normalized spacial score (nSPS) is 16.8. The van der Waals surface area contributed by atoms with Crippen LogP contribution in [0.5, 0.6) is 5.75 Å². The van der Waals surface area contributed by atoms with E-state index in [-0.39, 0.29) is 21.8 Å². The number of rotatable bonds is 7. The van der Waals surface area contributed by atoms with Crippen molar-refractivity contribution >= 4 is 27.7 Å². The van der Waals surface area contributed by atoms with Crippen LogP contribution in [0, 0.1) is 11.3 Å². The van der Waals surface area contributed by atoms with E-state index in [4.69, 9.17) is 11.1 Å². The van der Waals surface area contributed by atoms with E-state index < -0.39 is 24.2 Å². The summed E-state index contributed by atoms with van der Waals surface area (Å²) in [7, 11) is 0. The minimum absolute atomic E-state index is 0.122. The summed E-state index contributed by atoms with van der Waals surface area (Å²) in [6.45, 7) is 0.162. The number of aromatic nitrogens is 1. The van der Waals surface area contributed by atoms with Gasteiger partial charge in [0, 0.05) is 12.3 Å². The molecule has 25 heavy (non-hydrogen) atoms. The second-order valence-electron chi connectivity index (χ2n) is 6.25. The molecule has 1 aliphatic rings. The fourth-order valence-electron chi connectivity index (χ4n) is 2.26. The van der Waals surface area contributed by atoms with Gasteiger partial charge >= 0.3 is 6.18 Å². The van der Waals surface area contributed by atoms with E-state index in [1.807, 2.05) is 0 Å². The van der Waals surface area contributed by atoms with Gasteiger partial charge in [-0.1, -0.05) is 12.8 Å². The Morgan fingerprint density at radius 1 is 1.52 bits per heavy atom. The SMILES string of the molecule is CC(CC1CC1)(NC(=O)c1cc(OCC(F)(F)F)c(Br)cn1)C(=N)N. The number of nitrogens with two attached hydrogens (primary N) is 1. The largest absolute Gasteiger partial charge is 0.483 e. The van der Waals surface area contributed by atoms with Crippen LogP contribution in [-0.2, 0) is 0 Å². The molecule has 0 saturated heterocycles. The maximum atomic E-state index is 12.4. The zero-order valence-electron chi connectivity index (χ0n) is 13.4. The van der Waals surface area contributed by atoms with Crippen molar-refractivity contribution in [2.75, 3.05) is 6.61 Å². The van der Waals surface area contributed by atoms with Crippen molar-refractivity contribution in [3.63, 3.8) is 0 Å². The highest BCUT2D eigenvalue weighted by Crippen LogP contribution is 2.37. The highest BCUT2D eigenvalue weighted by molar-refractivity contribution is 9.10. The average Bonchev–Trinajstić information content (AvgIpc) is 3.28. The molecular formula is C15H18BrF3N4O2. The number of halogens is 4. The van der Waals surface area contributed by atoms with Crippen LogP contribution < -0.4 is 15.8 Å². The second-order valence-corrected chi connectivity index (χ2v) is 7.11. The number of pyridine rings is 1. The van der Waals surface area contributed by atoms with Crippen molar-refractivity contribution < 1.29 is 22.7 Å². The summed E-state index contributed by atoms with van der Waals surface area (Å²) in [6, 6.07) is 1.11. The van der Waals surface area contributed by atoms with Gasteiger partial charge in [-0.25, -0.2) is 4.98 Å². The molecule has 1 saturated carbocycles. The van der Waals surface area contributed by atoms with Gasteiger partial charge in [-0.2, -0.15) is 13.2 Å². The number of hydrogen-bond acceptors (Lipinski definition) is 4. The van der Waals surface area contributed by atoms with E-state index >= 15 is 0 Å². The number of nitrogens with zero attached hydrogens (tertiary/aromatic N) is 1. The number of alkyl halides is 3. The molecule has 1 amide bonds. The van der Waals surface area contributed by atoms with Crippen LogP contribution in [0.15, 0.2) is 16.7 Å². The molecule has 2 rings (SSSR count). The van der Waals surface area contributed by atoms with Crippen molar-refractivity contribution in [1.82, 2.24) is 10.3 Å². The van der Waals surface area contributed by atoms with Crippen LogP contribution in [0.25, 0.3) is 0 Å². The lowest BCUT2D eigenvalue weighted by Crippen LogP contribution is -2.55. The lowest BCUT2D eigenvalue weighted by molar-refractivity contribution is -0.153. The van der Waals surface area contributed by atoms with Gasteiger partial charge in [-0.3, -0.25) is 10.2 Å². The van der Waals surface area contributed by atoms with Gasteiger partial charge in [-0.15, -0.1) is 0 Å². The van der Waals surface area contributed by atoms with Gasteiger partial charge < -0.3 is 15.8 Å². The van der Waals surface area contributed by atoms with E-state index in [0.29, 0.717) is 12.3 Å². The molecule has 0 aliphatic heterocycles.